The first-order chi connectivity index (χ1) is 8.28. The minimum absolute atomic E-state index is 0.526. The zero-order valence-electron chi connectivity index (χ0n) is 13.3. The standard InChI is InChI=1S/C17H33N/c1-14(2)11-18-12-17(13-18)8-6-15(7-9-17)10-16(3,4)5/h14-15H,6-13H2,1-5H3. The highest BCUT2D eigenvalue weighted by Crippen LogP contribution is 2.47. The lowest BCUT2D eigenvalue weighted by Gasteiger charge is -2.54. The van der Waals surface area contributed by atoms with Crippen molar-refractivity contribution < 1.29 is 0 Å². The summed E-state index contributed by atoms with van der Waals surface area (Å²) in [6.45, 7) is 16.0. The molecule has 0 aromatic rings. The monoisotopic (exact) mass is 251 g/mol. The molecule has 1 saturated carbocycles. The molecule has 0 unspecified atom stereocenters. The molecule has 0 bridgehead atoms. The third kappa shape index (κ3) is 3.73. The summed E-state index contributed by atoms with van der Waals surface area (Å²) in [5.41, 5.74) is 1.27. The predicted molar refractivity (Wildman–Crippen MR) is 79.7 cm³/mol. The molecule has 0 radical (unpaired) electrons. The van der Waals surface area contributed by atoms with Gasteiger partial charge in [-0.3, -0.25) is 0 Å². The molecule has 1 aliphatic heterocycles. The summed E-state index contributed by atoms with van der Waals surface area (Å²) >= 11 is 0. The first-order valence-corrected chi connectivity index (χ1v) is 8.00. The summed E-state index contributed by atoms with van der Waals surface area (Å²) in [6.07, 6.45) is 7.42. The number of nitrogens with zero attached hydrogens (tertiary/aromatic N) is 1. The fourth-order valence-corrected chi connectivity index (χ4v) is 4.22. The molecule has 1 heteroatoms. The maximum atomic E-state index is 2.68. The topological polar surface area (TPSA) is 3.24 Å². The van der Waals surface area contributed by atoms with E-state index < -0.39 is 0 Å². The Labute approximate surface area is 114 Å². The summed E-state index contributed by atoms with van der Waals surface area (Å²) in [5, 5.41) is 0. The Morgan fingerprint density at radius 1 is 1.11 bits per heavy atom. The number of rotatable bonds is 3. The molecule has 2 aliphatic rings. The fraction of sp³-hybridized carbons (Fsp3) is 1.00. The molecule has 0 atom stereocenters. The van der Waals surface area contributed by atoms with E-state index in [0.717, 1.165) is 17.3 Å². The Morgan fingerprint density at radius 3 is 2.11 bits per heavy atom. The number of likely N-dealkylation sites (tertiary alicyclic amines) is 1. The van der Waals surface area contributed by atoms with Gasteiger partial charge in [-0.2, -0.15) is 0 Å². The molecule has 0 amide bonds. The zero-order valence-corrected chi connectivity index (χ0v) is 13.3. The van der Waals surface area contributed by atoms with Crippen LogP contribution in [-0.2, 0) is 0 Å². The van der Waals surface area contributed by atoms with Crippen LogP contribution in [0.5, 0.6) is 0 Å². The third-order valence-corrected chi connectivity index (χ3v) is 4.81. The van der Waals surface area contributed by atoms with E-state index >= 15 is 0 Å². The van der Waals surface area contributed by atoms with E-state index in [-0.39, 0.29) is 0 Å². The van der Waals surface area contributed by atoms with Crippen LogP contribution in [0.15, 0.2) is 0 Å². The SMILES string of the molecule is CC(C)CN1CC2(CCC(CC(C)(C)C)CC2)C1. The van der Waals surface area contributed by atoms with Gasteiger partial charge in [-0.15, -0.1) is 0 Å². The smallest absolute Gasteiger partial charge is 0.00506 e. The first kappa shape index (κ1) is 14.4. The molecular weight excluding hydrogens is 218 g/mol. The molecule has 1 aliphatic carbocycles. The molecule has 1 nitrogen and oxygen atoms in total. The van der Waals surface area contributed by atoms with Gasteiger partial charge in [0.05, 0.1) is 0 Å². The van der Waals surface area contributed by atoms with Crippen LogP contribution in [0.25, 0.3) is 0 Å². The fourth-order valence-electron chi connectivity index (χ4n) is 4.22. The van der Waals surface area contributed by atoms with Crippen LogP contribution in [-0.4, -0.2) is 24.5 Å². The number of hydrogen-bond donors (Lipinski definition) is 0. The maximum absolute atomic E-state index is 2.68. The van der Waals surface area contributed by atoms with E-state index in [0.29, 0.717) is 5.41 Å². The lowest BCUT2D eigenvalue weighted by atomic mass is 9.64. The molecule has 1 saturated heterocycles. The van der Waals surface area contributed by atoms with Gasteiger partial charge in [0, 0.05) is 19.6 Å². The van der Waals surface area contributed by atoms with Crippen molar-refractivity contribution >= 4 is 0 Å². The third-order valence-electron chi connectivity index (χ3n) is 4.81. The highest BCUT2D eigenvalue weighted by Gasteiger charge is 2.44. The van der Waals surface area contributed by atoms with E-state index in [1.165, 1.54) is 51.7 Å². The average molecular weight is 251 g/mol. The van der Waals surface area contributed by atoms with Crippen molar-refractivity contribution in [1.29, 1.82) is 0 Å². The van der Waals surface area contributed by atoms with Gasteiger partial charge in [-0.1, -0.05) is 34.6 Å². The lowest BCUT2D eigenvalue weighted by molar-refractivity contribution is -0.0464. The summed E-state index contributed by atoms with van der Waals surface area (Å²) in [6, 6.07) is 0. The van der Waals surface area contributed by atoms with Gasteiger partial charge >= 0.3 is 0 Å². The second-order valence-corrected chi connectivity index (χ2v) is 8.77. The minimum Gasteiger partial charge on any atom is -0.302 e. The normalized spacial score (nSPS) is 25.7. The summed E-state index contributed by atoms with van der Waals surface area (Å²) in [4.78, 5) is 2.68. The molecule has 18 heavy (non-hydrogen) atoms. The molecule has 0 aromatic carbocycles. The molecule has 1 heterocycles. The Morgan fingerprint density at radius 2 is 1.67 bits per heavy atom. The van der Waals surface area contributed by atoms with Crippen molar-refractivity contribution in [3.05, 3.63) is 0 Å². The summed E-state index contributed by atoms with van der Waals surface area (Å²) in [5.74, 6) is 1.84. The second kappa shape index (κ2) is 5.15. The van der Waals surface area contributed by atoms with Gasteiger partial charge in [0.25, 0.3) is 0 Å². The van der Waals surface area contributed by atoms with Crippen LogP contribution in [0.1, 0.15) is 66.7 Å². The van der Waals surface area contributed by atoms with Gasteiger partial charge in [0.2, 0.25) is 0 Å². The van der Waals surface area contributed by atoms with Gasteiger partial charge in [-0.05, 0) is 54.8 Å². The van der Waals surface area contributed by atoms with Crippen molar-refractivity contribution in [3.8, 4) is 0 Å². The largest absolute Gasteiger partial charge is 0.302 e. The lowest BCUT2D eigenvalue weighted by Crippen LogP contribution is -2.58. The summed E-state index contributed by atoms with van der Waals surface area (Å²) in [7, 11) is 0. The highest BCUT2D eigenvalue weighted by molar-refractivity contribution is 4.98. The Bertz CT molecular complexity index is 258. The minimum atomic E-state index is 0.526. The van der Waals surface area contributed by atoms with Crippen LogP contribution in [0.2, 0.25) is 0 Å². The molecule has 2 rings (SSSR count). The van der Waals surface area contributed by atoms with E-state index in [1.54, 1.807) is 0 Å². The van der Waals surface area contributed by atoms with Crippen LogP contribution in [0.3, 0.4) is 0 Å². The molecule has 106 valence electrons. The maximum Gasteiger partial charge on any atom is 0.00506 e. The van der Waals surface area contributed by atoms with Crippen LogP contribution >= 0.6 is 0 Å². The van der Waals surface area contributed by atoms with E-state index in [4.69, 9.17) is 0 Å². The van der Waals surface area contributed by atoms with Crippen molar-refractivity contribution in [3.63, 3.8) is 0 Å². The van der Waals surface area contributed by atoms with Gasteiger partial charge < -0.3 is 4.90 Å². The van der Waals surface area contributed by atoms with Gasteiger partial charge in [0.1, 0.15) is 0 Å². The van der Waals surface area contributed by atoms with Crippen molar-refractivity contribution in [1.82, 2.24) is 4.90 Å². The first-order valence-electron chi connectivity index (χ1n) is 8.00. The second-order valence-electron chi connectivity index (χ2n) is 8.77. The Kier molecular flexibility index (Phi) is 4.11. The van der Waals surface area contributed by atoms with Crippen LogP contribution < -0.4 is 0 Å². The van der Waals surface area contributed by atoms with Crippen LogP contribution in [0.4, 0.5) is 0 Å². The predicted octanol–water partition coefficient (Wildman–Crippen LogP) is 4.57. The van der Waals surface area contributed by atoms with Gasteiger partial charge in [-0.25, -0.2) is 0 Å². The number of hydrogen-bond acceptors (Lipinski definition) is 1. The highest BCUT2D eigenvalue weighted by atomic mass is 15.2. The molecular formula is C17H33N. The van der Waals surface area contributed by atoms with E-state index in [2.05, 4.69) is 39.5 Å². The zero-order chi connectivity index (χ0) is 13.4. The summed E-state index contributed by atoms with van der Waals surface area (Å²) < 4.78 is 0. The Hall–Kier alpha value is -0.0400. The molecule has 0 aromatic heterocycles. The van der Waals surface area contributed by atoms with Crippen molar-refractivity contribution in [2.24, 2.45) is 22.7 Å². The average Bonchev–Trinajstić information content (AvgIpc) is 2.15. The molecule has 2 fully saturated rings. The molecule has 0 N–H and O–H groups in total. The van der Waals surface area contributed by atoms with E-state index in [1.807, 2.05) is 0 Å². The molecule has 1 spiro atoms. The van der Waals surface area contributed by atoms with Gasteiger partial charge in [0.15, 0.2) is 0 Å². The van der Waals surface area contributed by atoms with E-state index in [9.17, 15) is 0 Å². The van der Waals surface area contributed by atoms with Crippen molar-refractivity contribution in [2.75, 3.05) is 19.6 Å². The Balaban J connectivity index is 1.72. The van der Waals surface area contributed by atoms with Crippen LogP contribution in [0, 0.1) is 22.7 Å². The quantitative estimate of drug-likeness (QED) is 0.710. The van der Waals surface area contributed by atoms with Crippen molar-refractivity contribution in [2.45, 2.75) is 66.7 Å².